The molecule has 0 aromatic heterocycles. The third-order valence-corrected chi connectivity index (χ3v) is 19.5. The first kappa shape index (κ1) is 87.3. The predicted molar refractivity (Wildman–Crippen MR) is 393 cm³/mol. The Morgan fingerprint density at radius 3 is 0.854 bits per heavy atom. The van der Waals surface area contributed by atoms with Crippen LogP contribution in [0.3, 0.4) is 0 Å². The number of esters is 1. The Morgan fingerprint density at radius 1 is 0.315 bits per heavy atom. The van der Waals surface area contributed by atoms with Gasteiger partial charge in [0.2, 0.25) is 5.91 Å². The fourth-order valence-corrected chi connectivity index (χ4v) is 13.3. The summed E-state index contributed by atoms with van der Waals surface area (Å²) in [7, 11) is 0. The zero-order valence-electron chi connectivity index (χ0n) is 60.7. The van der Waals surface area contributed by atoms with Crippen LogP contribution in [0.25, 0.3) is 0 Å². The third kappa shape index (κ3) is 75.3. The van der Waals surface area contributed by atoms with Crippen LogP contribution in [-0.2, 0) is 14.3 Å². The molecule has 0 radical (unpaired) electrons. The van der Waals surface area contributed by atoms with E-state index in [4.69, 9.17) is 4.74 Å². The summed E-state index contributed by atoms with van der Waals surface area (Å²) in [5.41, 5.74) is 0. The van der Waals surface area contributed by atoms with Crippen LogP contribution in [0.2, 0.25) is 0 Å². The topological polar surface area (TPSA) is 95.9 Å². The number of ether oxygens (including phenoxy) is 1. The lowest BCUT2D eigenvalue weighted by molar-refractivity contribution is -0.143. The molecule has 0 bridgehead atoms. The summed E-state index contributed by atoms with van der Waals surface area (Å²) in [5.74, 6) is -0.00245. The quantitative estimate of drug-likeness (QED) is 0.0320. The summed E-state index contributed by atoms with van der Waals surface area (Å²) >= 11 is 0. The molecule has 0 aromatic carbocycles. The smallest absolute Gasteiger partial charge is 0.305 e. The minimum Gasteiger partial charge on any atom is -0.466 e. The van der Waals surface area contributed by atoms with E-state index >= 15 is 0 Å². The number of unbranched alkanes of at least 4 members (excludes halogenated alkanes) is 63. The van der Waals surface area contributed by atoms with Crippen molar-refractivity contribution in [2.45, 2.75) is 482 Å². The number of aliphatic hydroxyl groups is 2. The van der Waals surface area contributed by atoms with Crippen LogP contribution < -0.4 is 5.32 Å². The number of aliphatic hydroxyl groups excluding tert-OH is 2. The molecular weight excluding hydrogens is 1090 g/mol. The molecule has 3 N–H and O–H groups in total. The first-order valence-electron chi connectivity index (χ1n) is 41.1. The van der Waals surface area contributed by atoms with Gasteiger partial charge in [-0.2, -0.15) is 0 Å². The summed E-state index contributed by atoms with van der Waals surface area (Å²) in [6, 6.07) is -0.539. The van der Waals surface area contributed by atoms with Gasteiger partial charge in [-0.1, -0.05) is 423 Å². The highest BCUT2D eigenvalue weighted by Crippen LogP contribution is 2.20. The van der Waals surface area contributed by atoms with E-state index in [0.717, 1.165) is 44.9 Å². The van der Waals surface area contributed by atoms with Gasteiger partial charge in [0.05, 0.1) is 25.4 Å². The van der Waals surface area contributed by atoms with Crippen molar-refractivity contribution in [3.05, 3.63) is 24.3 Å². The minimum atomic E-state index is -0.662. The summed E-state index contributed by atoms with van der Waals surface area (Å²) in [5, 5.41) is 23.4. The van der Waals surface area contributed by atoms with Crippen LogP contribution in [0, 0.1) is 0 Å². The van der Waals surface area contributed by atoms with Gasteiger partial charge in [-0.05, 0) is 57.8 Å². The highest BCUT2D eigenvalue weighted by Gasteiger charge is 2.20. The SMILES string of the molecule is CCCCCCCCCCCCCCCCCCCCC(=O)OCCCCCCCCCCCCCCCCC/C=C\C/C=C\CCCCCCCCCCCCCCCCCCCC(=O)NC(CO)C(O)CCCCCCCCCCCCCCCCC. The molecule has 0 fully saturated rings. The molecule has 0 aliphatic carbocycles. The van der Waals surface area contributed by atoms with Crippen LogP contribution in [0.15, 0.2) is 24.3 Å². The number of allylic oxidation sites excluding steroid dienone is 4. The first-order chi connectivity index (χ1) is 44.0. The standard InChI is InChI=1S/C83H161NO5/c1-3-5-7-9-11-13-15-17-19-20-45-49-53-57-61-65-69-73-77-83(88)89-78-74-70-66-62-58-54-50-46-43-41-39-37-35-33-31-29-27-25-23-21-22-24-26-28-30-32-34-36-38-40-42-44-48-52-56-60-64-68-72-76-82(87)84-80(79-85)81(86)75-71-67-63-59-55-51-47-18-16-14-12-10-8-6-4-2/h21-22,25,27,80-81,85-86H,3-20,23-24,26,28-79H2,1-2H3,(H,84,87)/b22-21-,27-25-. The molecule has 6 heteroatoms. The second-order valence-electron chi connectivity index (χ2n) is 28.5. The van der Waals surface area contributed by atoms with E-state index in [1.54, 1.807) is 0 Å². The number of carbonyl (C=O) groups excluding carboxylic acids is 2. The molecule has 0 aliphatic heterocycles. The van der Waals surface area contributed by atoms with Crippen LogP contribution >= 0.6 is 0 Å². The van der Waals surface area contributed by atoms with E-state index in [9.17, 15) is 19.8 Å². The lowest BCUT2D eigenvalue weighted by Gasteiger charge is -2.22. The molecular formula is C83H161NO5. The molecule has 0 heterocycles. The average Bonchev–Trinajstić information content (AvgIpc) is 3.59. The lowest BCUT2D eigenvalue weighted by atomic mass is 10.0. The van der Waals surface area contributed by atoms with E-state index in [-0.39, 0.29) is 18.5 Å². The van der Waals surface area contributed by atoms with Gasteiger partial charge in [-0.3, -0.25) is 9.59 Å². The predicted octanol–water partition coefficient (Wildman–Crippen LogP) is 27.2. The number of hydrogen-bond donors (Lipinski definition) is 3. The van der Waals surface area contributed by atoms with Gasteiger partial charge in [0, 0.05) is 12.8 Å². The minimum absolute atomic E-state index is 0.0258. The molecule has 0 aromatic rings. The highest BCUT2D eigenvalue weighted by molar-refractivity contribution is 5.76. The highest BCUT2D eigenvalue weighted by atomic mass is 16.5. The van der Waals surface area contributed by atoms with Crippen LogP contribution in [0.1, 0.15) is 470 Å². The lowest BCUT2D eigenvalue weighted by Crippen LogP contribution is -2.45. The summed E-state index contributed by atoms with van der Waals surface area (Å²) in [4.78, 5) is 24.6. The molecule has 0 rings (SSSR count). The van der Waals surface area contributed by atoms with Crippen molar-refractivity contribution in [2.75, 3.05) is 13.2 Å². The second-order valence-corrected chi connectivity index (χ2v) is 28.5. The average molecular weight is 1250 g/mol. The zero-order valence-corrected chi connectivity index (χ0v) is 60.7. The van der Waals surface area contributed by atoms with E-state index in [2.05, 4.69) is 43.5 Å². The molecule has 528 valence electrons. The van der Waals surface area contributed by atoms with Crippen molar-refractivity contribution in [2.24, 2.45) is 0 Å². The molecule has 0 spiro atoms. The Morgan fingerprint density at radius 2 is 0.562 bits per heavy atom. The van der Waals surface area contributed by atoms with Gasteiger partial charge in [0.15, 0.2) is 0 Å². The van der Waals surface area contributed by atoms with E-state index in [1.807, 2.05) is 0 Å². The maximum absolute atomic E-state index is 12.5. The van der Waals surface area contributed by atoms with Crippen LogP contribution in [-0.4, -0.2) is 47.4 Å². The van der Waals surface area contributed by atoms with Crippen molar-refractivity contribution in [3.8, 4) is 0 Å². The second kappa shape index (κ2) is 78.8. The molecule has 0 aliphatic rings. The van der Waals surface area contributed by atoms with Crippen LogP contribution in [0.5, 0.6) is 0 Å². The van der Waals surface area contributed by atoms with Crippen molar-refractivity contribution in [1.82, 2.24) is 5.32 Å². The Hall–Kier alpha value is -1.66. The number of amides is 1. The largest absolute Gasteiger partial charge is 0.466 e. The maximum atomic E-state index is 12.5. The Labute approximate surface area is 558 Å². The van der Waals surface area contributed by atoms with Gasteiger partial charge < -0.3 is 20.3 Å². The van der Waals surface area contributed by atoms with Crippen molar-refractivity contribution >= 4 is 11.9 Å². The zero-order chi connectivity index (χ0) is 64.2. The first-order valence-corrected chi connectivity index (χ1v) is 41.1. The molecule has 0 saturated heterocycles. The van der Waals surface area contributed by atoms with Gasteiger partial charge >= 0.3 is 5.97 Å². The van der Waals surface area contributed by atoms with E-state index in [0.29, 0.717) is 25.9 Å². The Balaban J connectivity index is 3.33. The van der Waals surface area contributed by atoms with Crippen molar-refractivity contribution in [3.63, 3.8) is 0 Å². The molecule has 2 atom stereocenters. The summed E-state index contributed by atoms with van der Waals surface area (Å²) in [6.07, 6.45) is 102. The number of hydrogen-bond acceptors (Lipinski definition) is 5. The van der Waals surface area contributed by atoms with E-state index < -0.39 is 12.1 Å². The Bertz CT molecular complexity index is 1400. The van der Waals surface area contributed by atoms with Gasteiger partial charge in [0.25, 0.3) is 0 Å². The maximum Gasteiger partial charge on any atom is 0.305 e. The number of nitrogens with one attached hydrogen (secondary N) is 1. The fraction of sp³-hybridized carbons (Fsp3) is 0.928. The monoisotopic (exact) mass is 1250 g/mol. The third-order valence-electron chi connectivity index (χ3n) is 19.5. The molecule has 89 heavy (non-hydrogen) atoms. The molecule has 6 nitrogen and oxygen atoms in total. The van der Waals surface area contributed by atoms with Gasteiger partial charge in [-0.15, -0.1) is 0 Å². The van der Waals surface area contributed by atoms with E-state index in [1.165, 1.54) is 392 Å². The fourth-order valence-electron chi connectivity index (χ4n) is 13.3. The Kier molecular flexibility index (Phi) is 77.3. The van der Waals surface area contributed by atoms with Crippen molar-refractivity contribution < 1.29 is 24.5 Å². The number of rotatable bonds is 78. The van der Waals surface area contributed by atoms with Gasteiger partial charge in [-0.25, -0.2) is 0 Å². The van der Waals surface area contributed by atoms with Gasteiger partial charge in [0.1, 0.15) is 0 Å². The van der Waals surface area contributed by atoms with Crippen LogP contribution in [0.4, 0.5) is 0 Å². The molecule has 1 amide bonds. The van der Waals surface area contributed by atoms with Crippen molar-refractivity contribution in [1.29, 1.82) is 0 Å². The molecule has 2 unspecified atom stereocenters. The summed E-state index contributed by atoms with van der Waals surface area (Å²) in [6.45, 7) is 5.01. The molecule has 0 saturated carbocycles. The number of carbonyl (C=O) groups is 2. The normalized spacial score (nSPS) is 12.5. The summed E-state index contributed by atoms with van der Waals surface area (Å²) < 4.78 is 5.52.